The molecule has 0 radical (unpaired) electrons. The number of hydrogen-bond donors (Lipinski definition) is 4. The maximum absolute atomic E-state index is 13.8. The Labute approximate surface area is 241 Å². The molecule has 3 saturated carbocycles. The van der Waals surface area contributed by atoms with Crippen LogP contribution in [0.5, 0.6) is 0 Å². The predicted octanol–water partition coefficient (Wildman–Crippen LogP) is 4.51. The normalized spacial score (nSPS) is 21.4. The summed E-state index contributed by atoms with van der Waals surface area (Å²) in [5.74, 6) is 1.11. The molecule has 2 aromatic rings. The molecule has 6 rings (SSSR count). The molecule has 0 bridgehead atoms. The zero-order valence-corrected chi connectivity index (χ0v) is 24.0. The molecule has 1 aromatic carbocycles. The second-order valence-corrected chi connectivity index (χ2v) is 12.7. The summed E-state index contributed by atoms with van der Waals surface area (Å²) in [7, 11) is 0. The van der Waals surface area contributed by atoms with Crippen molar-refractivity contribution in [3.8, 4) is 0 Å². The fraction of sp³-hybridized carbons (Fsp3) is 0.515. The third-order valence-corrected chi connectivity index (χ3v) is 9.04. The zero-order valence-electron chi connectivity index (χ0n) is 24.0. The minimum Gasteiger partial charge on any atom is -0.405 e. The van der Waals surface area contributed by atoms with Gasteiger partial charge < -0.3 is 21.4 Å². The Morgan fingerprint density at radius 1 is 1.02 bits per heavy atom. The molecule has 1 heterocycles. The molecule has 0 spiro atoms. The lowest BCUT2D eigenvalue weighted by Crippen LogP contribution is -2.51. The molecule has 1 aromatic heterocycles. The van der Waals surface area contributed by atoms with Crippen molar-refractivity contribution in [2.24, 2.45) is 28.5 Å². The van der Waals surface area contributed by atoms with Gasteiger partial charge in [-0.15, -0.1) is 0 Å². The van der Waals surface area contributed by atoms with Crippen LogP contribution in [0.15, 0.2) is 52.5 Å². The standard InChI is InChI=1S/C33H41N5O3/c1-18(2)36-28(13-14-34)32(40)38-30(29(20-5-6-20)21-7-8-21)33(41)37-24-10-12-25-22(15-24)9-11-26(25)27-16-23(19-3-4-19)17-35-31(27)39/h10,12-21,26,29-30H,3-9,11,34H2,1-2H3,(H,35,39)(H,37,41)(H,38,40)/b14-13-,36-28?. The molecule has 2 atom stereocenters. The first-order valence-electron chi connectivity index (χ1n) is 15.3. The third kappa shape index (κ3) is 6.16. The topological polar surface area (TPSA) is 129 Å². The molecule has 2 amide bonds. The Hall–Kier alpha value is -3.68. The van der Waals surface area contributed by atoms with Crippen molar-refractivity contribution >= 4 is 23.2 Å². The van der Waals surface area contributed by atoms with E-state index in [1.165, 1.54) is 30.7 Å². The van der Waals surface area contributed by atoms with Crippen LogP contribution in [0.3, 0.4) is 0 Å². The monoisotopic (exact) mass is 555 g/mol. The van der Waals surface area contributed by atoms with Crippen molar-refractivity contribution in [1.29, 1.82) is 0 Å². The number of fused-ring (bicyclic) bond motifs is 1. The van der Waals surface area contributed by atoms with E-state index in [9.17, 15) is 14.4 Å². The van der Waals surface area contributed by atoms with Crippen LogP contribution in [0, 0.1) is 17.8 Å². The molecular weight excluding hydrogens is 514 g/mol. The summed E-state index contributed by atoms with van der Waals surface area (Å²) in [6.07, 6.45) is 13.2. The largest absolute Gasteiger partial charge is 0.405 e. The van der Waals surface area contributed by atoms with E-state index in [-0.39, 0.29) is 41.0 Å². The molecular formula is C33H41N5O3. The van der Waals surface area contributed by atoms with Gasteiger partial charge in [0.15, 0.2) is 0 Å². The van der Waals surface area contributed by atoms with Crippen molar-refractivity contribution in [1.82, 2.24) is 10.3 Å². The first kappa shape index (κ1) is 27.5. The summed E-state index contributed by atoms with van der Waals surface area (Å²) in [6, 6.07) is 7.40. The van der Waals surface area contributed by atoms with Crippen molar-refractivity contribution < 1.29 is 9.59 Å². The van der Waals surface area contributed by atoms with Crippen molar-refractivity contribution in [3.63, 3.8) is 0 Å². The summed E-state index contributed by atoms with van der Waals surface area (Å²) in [5.41, 5.74) is 10.9. The van der Waals surface area contributed by atoms with Crippen LogP contribution in [0.1, 0.15) is 92.9 Å². The molecule has 41 heavy (non-hydrogen) atoms. The van der Waals surface area contributed by atoms with E-state index in [2.05, 4.69) is 32.7 Å². The molecule has 3 fully saturated rings. The van der Waals surface area contributed by atoms with Gasteiger partial charge in [0.25, 0.3) is 11.5 Å². The van der Waals surface area contributed by atoms with E-state index in [4.69, 9.17) is 5.73 Å². The van der Waals surface area contributed by atoms with Crippen molar-refractivity contribution in [2.75, 3.05) is 5.32 Å². The number of nitrogens with two attached hydrogens (primary N) is 1. The Bertz CT molecular complexity index is 1430. The number of benzene rings is 1. The number of aromatic nitrogens is 1. The number of nitrogens with zero attached hydrogens (tertiary/aromatic N) is 1. The van der Waals surface area contributed by atoms with E-state index < -0.39 is 6.04 Å². The van der Waals surface area contributed by atoms with Crippen LogP contribution in [-0.2, 0) is 16.0 Å². The lowest BCUT2D eigenvalue weighted by Gasteiger charge is -2.27. The first-order chi connectivity index (χ1) is 19.8. The highest BCUT2D eigenvalue weighted by molar-refractivity contribution is 6.43. The van der Waals surface area contributed by atoms with E-state index in [0.29, 0.717) is 17.8 Å². The number of carbonyl (C=O) groups excluding carboxylic acids is 2. The van der Waals surface area contributed by atoms with Gasteiger partial charge >= 0.3 is 0 Å². The number of aryl methyl sites for hydroxylation is 1. The van der Waals surface area contributed by atoms with Crippen LogP contribution in [0.25, 0.3) is 0 Å². The minimum atomic E-state index is -0.643. The number of amides is 2. The van der Waals surface area contributed by atoms with Crippen molar-refractivity contribution in [3.05, 3.63) is 75.3 Å². The van der Waals surface area contributed by atoms with E-state index in [0.717, 1.165) is 60.9 Å². The van der Waals surface area contributed by atoms with Gasteiger partial charge in [-0.05, 0) is 136 Å². The second-order valence-electron chi connectivity index (χ2n) is 12.7. The van der Waals surface area contributed by atoms with Crippen LogP contribution in [-0.4, -0.2) is 34.6 Å². The number of anilines is 1. The van der Waals surface area contributed by atoms with Gasteiger partial charge in [-0.3, -0.25) is 19.4 Å². The number of aliphatic imine (C=N–C) groups is 1. The highest BCUT2D eigenvalue weighted by Gasteiger charge is 2.48. The molecule has 216 valence electrons. The van der Waals surface area contributed by atoms with Gasteiger partial charge in [-0.1, -0.05) is 6.07 Å². The van der Waals surface area contributed by atoms with Gasteiger partial charge in [-0.25, -0.2) is 0 Å². The Kier molecular flexibility index (Phi) is 7.58. The van der Waals surface area contributed by atoms with Crippen LogP contribution in [0.4, 0.5) is 5.69 Å². The summed E-state index contributed by atoms with van der Waals surface area (Å²) >= 11 is 0. The van der Waals surface area contributed by atoms with Gasteiger partial charge in [0.05, 0.1) is 0 Å². The Morgan fingerprint density at radius 2 is 1.76 bits per heavy atom. The fourth-order valence-electron chi connectivity index (χ4n) is 6.66. The maximum atomic E-state index is 13.8. The third-order valence-electron chi connectivity index (χ3n) is 9.04. The van der Waals surface area contributed by atoms with Crippen LogP contribution < -0.4 is 21.9 Å². The Balaban J connectivity index is 1.22. The van der Waals surface area contributed by atoms with Crippen LogP contribution >= 0.6 is 0 Å². The molecule has 4 aliphatic carbocycles. The Morgan fingerprint density at radius 3 is 2.39 bits per heavy atom. The number of H-pyrrole nitrogens is 1. The number of aromatic amines is 1. The number of carbonyl (C=O) groups is 2. The fourth-order valence-corrected chi connectivity index (χ4v) is 6.66. The highest BCUT2D eigenvalue weighted by atomic mass is 16.2. The van der Waals surface area contributed by atoms with Crippen molar-refractivity contribution in [2.45, 2.75) is 89.1 Å². The lowest BCUT2D eigenvalue weighted by atomic mass is 9.88. The molecule has 8 nitrogen and oxygen atoms in total. The molecule has 8 heteroatoms. The maximum Gasteiger partial charge on any atom is 0.270 e. The molecule has 4 aliphatic rings. The molecule has 5 N–H and O–H groups in total. The number of pyridine rings is 1. The molecule has 0 aliphatic heterocycles. The predicted molar refractivity (Wildman–Crippen MR) is 161 cm³/mol. The summed E-state index contributed by atoms with van der Waals surface area (Å²) in [5, 5.41) is 6.18. The first-order valence-corrected chi connectivity index (χ1v) is 15.3. The zero-order chi connectivity index (χ0) is 28.7. The molecule has 2 unspecified atom stereocenters. The summed E-state index contributed by atoms with van der Waals surface area (Å²) < 4.78 is 0. The quantitative estimate of drug-likeness (QED) is 0.304. The average molecular weight is 556 g/mol. The van der Waals surface area contributed by atoms with E-state index in [1.807, 2.05) is 32.2 Å². The minimum absolute atomic E-state index is 0.0146. The number of rotatable bonds is 11. The number of nitrogens with one attached hydrogen (secondary N) is 3. The SMILES string of the molecule is CC(C)N=C(/C=C\N)C(=O)NC(C(=O)Nc1ccc2c(c1)CCC2c1cc(C2CC2)c[nH]c1=O)C(C1CC1)C1CC1. The summed E-state index contributed by atoms with van der Waals surface area (Å²) in [6.45, 7) is 3.80. The number of hydrogen-bond acceptors (Lipinski definition) is 5. The average Bonchev–Trinajstić information content (AvgIpc) is 3.79. The lowest BCUT2D eigenvalue weighted by molar-refractivity contribution is -0.124. The molecule has 0 saturated heterocycles. The highest BCUT2D eigenvalue weighted by Crippen LogP contribution is 2.51. The van der Waals surface area contributed by atoms with Gasteiger partial charge in [0.2, 0.25) is 5.91 Å². The second kappa shape index (κ2) is 11.3. The van der Waals surface area contributed by atoms with E-state index >= 15 is 0 Å². The van der Waals surface area contributed by atoms with Gasteiger partial charge in [0, 0.05) is 29.4 Å². The van der Waals surface area contributed by atoms with E-state index in [1.54, 1.807) is 0 Å². The summed E-state index contributed by atoms with van der Waals surface area (Å²) in [4.78, 5) is 47.3. The smallest absolute Gasteiger partial charge is 0.270 e. The van der Waals surface area contributed by atoms with Gasteiger partial charge in [0.1, 0.15) is 11.8 Å². The van der Waals surface area contributed by atoms with Crippen LogP contribution in [0.2, 0.25) is 0 Å². The van der Waals surface area contributed by atoms with Gasteiger partial charge in [-0.2, -0.15) is 0 Å².